The summed E-state index contributed by atoms with van der Waals surface area (Å²) >= 11 is 1.12. The number of carbonyl (C=O) groups is 1. The Bertz CT molecular complexity index is 689. The highest BCUT2D eigenvalue weighted by Gasteiger charge is 2.24. The van der Waals surface area contributed by atoms with Gasteiger partial charge < -0.3 is 14.6 Å². The molecule has 2 heterocycles. The molecule has 0 radical (unpaired) electrons. The van der Waals surface area contributed by atoms with Gasteiger partial charge in [-0.05, 0) is 25.1 Å². The smallest absolute Gasteiger partial charge is 0.304 e. The zero-order valence-corrected chi connectivity index (χ0v) is 11.1. The Morgan fingerprint density at radius 1 is 1.42 bits per heavy atom. The number of fused-ring (bicyclic) bond motifs is 1. The van der Waals surface area contributed by atoms with Gasteiger partial charge >= 0.3 is 4.87 Å². The number of benzene rings is 1. The van der Waals surface area contributed by atoms with Gasteiger partial charge in [-0.1, -0.05) is 11.3 Å². The lowest BCUT2D eigenvalue weighted by atomic mass is 10.1. The number of anilines is 1. The Hall–Kier alpha value is -2.08. The van der Waals surface area contributed by atoms with Gasteiger partial charge in [0.2, 0.25) is 0 Å². The standard InChI is InChI=1S/C13H12N2O3S/c1-2-15-10-5-8(9-7-19-13(17)14-9)3-4-11(10)18-6-12(15)16/h3-5,7H,2,6H2,1H3,(H,14,17). The second kappa shape index (κ2) is 4.55. The largest absolute Gasteiger partial charge is 0.482 e. The first-order valence-electron chi connectivity index (χ1n) is 5.94. The van der Waals surface area contributed by atoms with E-state index in [1.165, 1.54) is 0 Å². The van der Waals surface area contributed by atoms with Crippen molar-refractivity contribution in [3.63, 3.8) is 0 Å². The van der Waals surface area contributed by atoms with Crippen molar-refractivity contribution in [2.75, 3.05) is 18.1 Å². The van der Waals surface area contributed by atoms with Crippen LogP contribution >= 0.6 is 11.3 Å². The van der Waals surface area contributed by atoms with Gasteiger partial charge in [0.15, 0.2) is 6.61 Å². The van der Waals surface area contributed by atoms with E-state index in [1.54, 1.807) is 10.3 Å². The van der Waals surface area contributed by atoms with Crippen molar-refractivity contribution in [1.29, 1.82) is 0 Å². The molecule has 1 aliphatic heterocycles. The fourth-order valence-electron chi connectivity index (χ4n) is 2.14. The third-order valence-corrected chi connectivity index (χ3v) is 3.72. The lowest BCUT2D eigenvalue weighted by molar-refractivity contribution is -0.121. The molecular formula is C13H12N2O3S. The topological polar surface area (TPSA) is 62.4 Å². The number of ether oxygens (including phenoxy) is 1. The molecular weight excluding hydrogens is 264 g/mol. The van der Waals surface area contributed by atoms with Crippen LogP contribution in [0.4, 0.5) is 5.69 Å². The maximum Gasteiger partial charge on any atom is 0.304 e. The summed E-state index contributed by atoms with van der Waals surface area (Å²) in [6, 6.07) is 5.57. The lowest BCUT2D eigenvalue weighted by Gasteiger charge is -2.28. The van der Waals surface area contributed by atoms with E-state index >= 15 is 0 Å². The van der Waals surface area contributed by atoms with E-state index in [0.717, 1.165) is 28.3 Å². The molecule has 1 amide bonds. The first-order valence-corrected chi connectivity index (χ1v) is 6.82. The summed E-state index contributed by atoms with van der Waals surface area (Å²) in [4.78, 5) is 27.3. The van der Waals surface area contributed by atoms with Gasteiger partial charge in [0.25, 0.3) is 5.91 Å². The molecule has 1 N–H and O–H groups in total. The van der Waals surface area contributed by atoms with Gasteiger partial charge in [-0.25, -0.2) is 0 Å². The maximum atomic E-state index is 11.8. The Morgan fingerprint density at radius 2 is 2.26 bits per heavy atom. The van der Waals surface area contributed by atoms with Crippen LogP contribution in [0.5, 0.6) is 5.75 Å². The second-order valence-corrected chi connectivity index (χ2v) is 5.01. The van der Waals surface area contributed by atoms with E-state index in [1.807, 2.05) is 25.1 Å². The number of H-pyrrole nitrogens is 1. The summed E-state index contributed by atoms with van der Waals surface area (Å²) in [5.74, 6) is 0.647. The van der Waals surface area contributed by atoms with Crippen LogP contribution in [0, 0.1) is 0 Å². The van der Waals surface area contributed by atoms with Crippen molar-refractivity contribution < 1.29 is 9.53 Å². The number of rotatable bonds is 2. The summed E-state index contributed by atoms with van der Waals surface area (Å²) in [5.41, 5.74) is 2.38. The molecule has 0 bridgehead atoms. The van der Waals surface area contributed by atoms with Crippen molar-refractivity contribution in [2.24, 2.45) is 0 Å². The lowest BCUT2D eigenvalue weighted by Crippen LogP contribution is -2.38. The molecule has 5 nitrogen and oxygen atoms in total. The Morgan fingerprint density at radius 3 is 2.95 bits per heavy atom. The molecule has 3 rings (SSSR count). The van der Waals surface area contributed by atoms with E-state index in [2.05, 4.69) is 4.98 Å². The summed E-state index contributed by atoms with van der Waals surface area (Å²) < 4.78 is 5.40. The molecule has 2 aromatic rings. The second-order valence-electron chi connectivity index (χ2n) is 4.17. The van der Waals surface area contributed by atoms with Crippen LogP contribution < -0.4 is 14.5 Å². The minimum absolute atomic E-state index is 0.0500. The van der Waals surface area contributed by atoms with E-state index in [4.69, 9.17) is 4.74 Å². The van der Waals surface area contributed by atoms with E-state index in [0.29, 0.717) is 12.3 Å². The molecule has 1 aromatic carbocycles. The first-order chi connectivity index (χ1) is 9.19. The molecule has 0 unspecified atom stereocenters. The first kappa shape index (κ1) is 12.0. The van der Waals surface area contributed by atoms with E-state index in [9.17, 15) is 9.59 Å². The highest BCUT2D eigenvalue weighted by molar-refractivity contribution is 7.07. The third-order valence-electron chi connectivity index (χ3n) is 3.05. The summed E-state index contributed by atoms with van der Waals surface area (Å²) in [7, 11) is 0. The van der Waals surface area contributed by atoms with Gasteiger partial charge in [-0.3, -0.25) is 9.59 Å². The van der Waals surface area contributed by atoms with Gasteiger partial charge in [0.1, 0.15) is 5.75 Å². The molecule has 1 aromatic heterocycles. The van der Waals surface area contributed by atoms with Gasteiger partial charge in [0.05, 0.1) is 11.4 Å². The maximum absolute atomic E-state index is 11.8. The van der Waals surface area contributed by atoms with Crippen LogP contribution in [0.15, 0.2) is 28.4 Å². The molecule has 0 atom stereocenters. The van der Waals surface area contributed by atoms with Crippen molar-refractivity contribution >= 4 is 22.9 Å². The van der Waals surface area contributed by atoms with Crippen molar-refractivity contribution in [3.05, 3.63) is 33.2 Å². The quantitative estimate of drug-likeness (QED) is 0.910. The third kappa shape index (κ3) is 2.04. The number of likely N-dealkylation sites (N-methyl/N-ethyl adjacent to an activating group) is 1. The van der Waals surface area contributed by atoms with Crippen molar-refractivity contribution in [2.45, 2.75) is 6.92 Å². The average molecular weight is 276 g/mol. The van der Waals surface area contributed by atoms with Gasteiger partial charge in [-0.15, -0.1) is 0 Å². The Kier molecular flexibility index (Phi) is 2.87. The molecule has 0 saturated carbocycles. The fraction of sp³-hybridized carbons (Fsp3) is 0.231. The number of nitrogens with zero attached hydrogens (tertiary/aromatic N) is 1. The number of aromatic nitrogens is 1. The predicted octanol–water partition coefficient (Wildman–Crippen LogP) is 1.85. The Balaban J connectivity index is 2.09. The predicted molar refractivity (Wildman–Crippen MR) is 73.9 cm³/mol. The molecule has 0 aliphatic carbocycles. The van der Waals surface area contributed by atoms with Crippen LogP contribution in [0.2, 0.25) is 0 Å². The normalized spacial score (nSPS) is 14.2. The molecule has 98 valence electrons. The van der Waals surface area contributed by atoms with Crippen molar-refractivity contribution in [1.82, 2.24) is 4.98 Å². The molecule has 6 heteroatoms. The van der Waals surface area contributed by atoms with Crippen molar-refractivity contribution in [3.8, 4) is 17.0 Å². The molecule has 0 spiro atoms. The summed E-state index contributed by atoms with van der Waals surface area (Å²) in [5, 5.41) is 1.77. The summed E-state index contributed by atoms with van der Waals surface area (Å²) in [6.45, 7) is 2.60. The minimum atomic E-state index is -0.0904. The number of hydrogen-bond donors (Lipinski definition) is 1. The molecule has 1 aliphatic rings. The SMILES string of the molecule is CCN1C(=O)COc2ccc(-c3csc(=O)[nH]3)cc21. The number of carbonyl (C=O) groups excluding carboxylic acids is 1. The average Bonchev–Trinajstić information content (AvgIpc) is 2.85. The molecule has 0 fully saturated rings. The number of amides is 1. The number of aromatic amines is 1. The van der Waals surface area contributed by atoms with Gasteiger partial charge in [-0.2, -0.15) is 0 Å². The highest BCUT2D eigenvalue weighted by atomic mass is 32.1. The van der Waals surface area contributed by atoms with Crippen LogP contribution in [0.25, 0.3) is 11.3 Å². The molecule has 19 heavy (non-hydrogen) atoms. The van der Waals surface area contributed by atoms with Crippen LogP contribution in [0.1, 0.15) is 6.92 Å². The van der Waals surface area contributed by atoms with Gasteiger partial charge in [0, 0.05) is 17.5 Å². The number of hydrogen-bond acceptors (Lipinski definition) is 4. The number of nitrogens with one attached hydrogen (secondary N) is 1. The summed E-state index contributed by atoms with van der Waals surface area (Å²) in [6.07, 6.45) is 0. The van der Waals surface area contributed by atoms with Crippen LogP contribution in [-0.4, -0.2) is 24.0 Å². The van der Waals surface area contributed by atoms with E-state index in [-0.39, 0.29) is 17.4 Å². The fourth-order valence-corrected chi connectivity index (χ4v) is 2.73. The zero-order valence-electron chi connectivity index (χ0n) is 10.3. The van der Waals surface area contributed by atoms with Crippen LogP contribution in [-0.2, 0) is 4.79 Å². The number of thiazole rings is 1. The van der Waals surface area contributed by atoms with E-state index < -0.39 is 0 Å². The monoisotopic (exact) mass is 276 g/mol. The minimum Gasteiger partial charge on any atom is -0.482 e. The highest BCUT2D eigenvalue weighted by Crippen LogP contribution is 2.35. The zero-order chi connectivity index (χ0) is 13.4. The molecule has 0 saturated heterocycles. The Labute approximate surface area is 113 Å². The van der Waals surface area contributed by atoms with Crippen LogP contribution in [0.3, 0.4) is 0 Å².